The zero-order valence-electron chi connectivity index (χ0n) is 9.60. The number of hydrogen-bond acceptors (Lipinski definition) is 4. The molecular formula is C10H18N2O4. The highest BCUT2D eigenvalue weighted by molar-refractivity contribution is 5.84. The summed E-state index contributed by atoms with van der Waals surface area (Å²) in [5, 5.41) is 10.8. The van der Waals surface area contributed by atoms with Gasteiger partial charge in [-0.05, 0) is 13.8 Å². The number of nitrogens with one attached hydrogen (secondary N) is 1. The molecule has 92 valence electrons. The van der Waals surface area contributed by atoms with E-state index >= 15 is 0 Å². The molecule has 0 saturated carbocycles. The van der Waals surface area contributed by atoms with Gasteiger partial charge in [0.15, 0.2) is 0 Å². The van der Waals surface area contributed by atoms with Crippen molar-refractivity contribution in [2.75, 3.05) is 26.2 Å². The first kappa shape index (κ1) is 12.9. The summed E-state index contributed by atoms with van der Waals surface area (Å²) in [6, 6.07) is 0.360. The van der Waals surface area contributed by atoms with Gasteiger partial charge in [-0.15, -0.1) is 0 Å². The Balaban J connectivity index is 2.40. The average Bonchev–Trinajstić information content (AvgIpc) is 2.26. The van der Waals surface area contributed by atoms with Gasteiger partial charge >= 0.3 is 5.97 Å². The first-order valence-corrected chi connectivity index (χ1v) is 5.36. The maximum Gasteiger partial charge on any atom is 0.322 e. The van der Waals surface area contributed by atoms with Gasteiger partial charge in [0.05, 0.1) is 6.61 Å². The molecule has 0 aromatic rings. The second-order valence-electron chi connectivity index (χ2n) is 4.06. The maximum atomic E-state index is 11.5. The van der Waals surface area contributed by atoms with Crippen molar-refractivity contribution in [3.63, 3.8) is 0 Å². The van der Waals surface area contributed by atoms with Crippen molar-refractivity contribution in [1.82, 2.24) is 10.2 Å². The topological polar surface area (TPSA) is 78.9 Å². The van der Waals surface area contributed by atoms with Crippen LogP contribution in [-0.4, -0.2) is 60.3 Å². The number of aliphatic carboxylic acids is 1. The molecule has 16 heavy (non-hydrogen) atoms. The summed E-state index contributed by atoms with van der Waals surface area (Å²) in [4.78, 5) is 24.0. The quantitative estimate of drug-likeness (QED) is 0.667. The van der Waals surface area contributed by atoms with Crippen LogP contribution in [0.5, 0.6) is 0 Å². The molecule has 0 aromatic heterocycles. The second-order valence-corrected chi connectivity index (χ2v) is 4.06. The van der Waals surface area contributed by atoms with Gasteiger partial charge in [0.2, 0.25) is 0 Å². The lowest BCUT2D eigenvalue weighted by Crippen LogP contribution is -2.52. The van der Waals surface area contributed by atoms with Crippen LogP contribution in [-0.2, 0) is 14.3 Å². The number of morpholine rings is 1. The van der Waals surface area contributed by atoms with Gasteiger partial charge in [0.25, 0.3) is 5.91 Å². The summed E-state index contributed by atoms with van der Waals surface area (Å²) in [6.45, 7) is 5.57. The number of carboxylic acids is 1. The molecule has 1 fully saturated rings. The van der Waals surface area contributed by atoms with Crippen molar-refractivity contribution >= 4 is 11.9 Å². The number of nitrogens with zero attached hydrogens (tertiary/aromatic N) is 1. The zero-order valence-corrected chi connectivity index (χ0v) is 9.60. The first-order chi connectivity index (χ1) is 7.50. The van der Waals surface area contributed by atoms with E-state index in [1.807, 2.05) is 0 Å². The smallest absolute Gasteiger partial charge is 0.322 e. The number of hydrogen-bond donors (Lipinski definition) is 2. The molecule has 0 spiro atoms. The standard InChI is InChI=1S/C10H18N2O4/c1-7(2)12-3-4-16-8(6-12)10(15)11-5-9(13)14/h7-8H,3-6H2,1-2H3,(H,11,15)(H,13,14)/t8-/m1/s1. The molecule has 1 atom stereocenters. The van der Waals surface area contributed by atoms with Gasteiger partial charge in [-0.1, -0.05) is 0 Å². The van der Waals surface area contributed by atoms with E-state index in [9.17, 15) is 9.59 Å². The van der Waals surface area contributed by atoms with Gasteiger partial charge in [0, 0.05) is 19.1 Å². The van der Waals surface area contributed by atoms with Crippen LogP contribution >= 0.6 is 0 Å². The summed E-state index contributed by atoms with van der Waals surface area (Å²) in [5.41, 5.74) is 0. The largest absolute Gasteiger partial charge is 0.480 e. The third-order valence-corrected chi connectivity index (χ3v) is 2.53. The Bertz CT molecular complexity index is 268. The number of amides is 1. The van der Waals surface area contributed by atoms with Gasteiger partial charge in [0.1, 0.15) is 12.6 Å². The Kier molecular flexibility index (Phi) is 4.70. The molecule has 1 aliphatic heterocycles. The fourth-order valence-electron chi connectivity index (χ4n) is 1.57. The summed E-state index contributed by atoms with van der Waals surface area (Å²) in [6.07, 6.45) is -0.560. The number of rotatable bonds is 4. The molecule has 0 unspecified atom stereocenters. The van der Waals surface area contributed by atoms with Gasteiger partial charge in [-0.3, -0.25) is 14.5 Å². The highest BCUT2D eigenvalue weighted by atomic mass is 16.5. The van der Waals surface area contributed by atoms with E-state index in [0.717, 1.165) is 6.54 Å². The Morgan fingerprint density at radius 2 is 2.25 bits per heavy atom. The predicted octanol–water partition coefficient (Wildman–Crippen LogP) is -0.704. The molecule has 6 nitrogen and oxygen atoms in total. The molecule has 1 rings (SSSR count). The summed E-state index contributed by atoms with van der Waals surface area (Å²) >= 11 is 0. The van der Waals surface area contributed by atoms with Crippen LogP contribution in [0.1, 0.15) is 13.8 Å². The Hall–Kier alpha value is -1.14. The van der Waals surface area contributed by atoms with E-state index in [0.29, 0.717) is 19.2 Å². The average molecular weight is 230 g/mol. The highest BCUT2D eigenvalue weighted by Gasteiger charge is 2.27. The normalized spacial score (nSPS) is 22.1. The van der Waals surface area contributed by atoms with Crippen molar-refractivity contribution in [3.05, 3.63) is 0 Å². The number of carboxylic acid groups (broad SMARTS) is 1. The third kappa shape index (κ3) is 3.79. The molecule has 0 aliphatic carbocycles. The Morgan fingerprint density at radius 3 is 2.81 bits per heavy atom. The summed E-state index contributed by atoms with van der Waals surface area (Å²) < 4.78 is 5.31. The lowest BCUT2D eigenvalue weighted by molar-refractivity contribution is -0.144. The molecule has 1 aliphatic rings. The van der Waals surface area contributed by atoms with E-state index in [4.69, 9.17) is 9.84 Å². The third-order valence-electron chi connectivity index (χ3n) is 2.53. The van der Waals surface area contributed by atoms with Gasteiger partial charge in [-0.2, -0.15) is 0 Å². The van der Waals surface area contributed by atoms with Crippen LogP contribution in [0.2, 0.25) is 0 Å². The minimum atomic E-state index is -1.05. The first-order valence-electron chi connectivity index (χ1n) is 5.36. The Morgan fingerprint density at radius 1 is 1.56 bits per heavy atom. The molecule has 2 N–H and O–H groups in total. The van der Waals surface area contributed by atoms with Crippen molar-refractivity contribution < 1.29 is 19.4 Å². The molecule has 0 aromatic carbocycles. The van der Waals surface area contributed by atoms with E-state index in [1.54, 1.807) is 0 Å². The van der Waals surface area contributed by atoms with Crippen LogP contribution < -0.4 is 5.32 Å². The van der Waals surface area contributed by atoms with Crippen molar-refractivity contribution in [2.24, 2.45) is 0 Å². The van der Waals surface area contributed by atoms with Crippen LogP contribution in [0.4, 0.5) is 0 Å². The monoisotopic (exact) mass is 230 g/mol. The fourth-order valence-corrected chi connectivity index (χ4v) is 1.57. The fraction of sp³-hybridized carbons (Fsp3) is 0.800. The summed E-state index contributed by atoms with van der Waals surface area (Å²) in [5.74, 6) is -1.40. The predicted molar refractivity (Wildman–Crippen MR) is 57.1 cm³/mol. The van der Waals surface area contributed by atoms with E-state index in [-0.39, 0.29) is 12.5 Å². The minimum Gasteiger partial charge on any atom is -0.480 e. The molecular weight excluding hydrogens is 212 g/mol. The highest BCUT2D eigenvalue weighted by Crippen LogP contribution is 2.08. The molecule has 1 heterocycles. The SMILES string of the molecule is CC(C)N1CCO[C@@H](C(=O)NCC(=O)O)C1. The van der Waals surface area contributed by atoms with Gasteiger partial charge in [-0.25, -0.2) is 0 Å². The molecule has 6 heteroatoms. The Labute approximate surface area is 94.6 Å². The van der Waals surface area contributed by atoms with Crippen molar-refractivity contribution in [2.45, 2.75) is 26.0 Å². The number of ether oxygens (including phenoxy) is 1. The van der Waals surface area contributed by atoms with E-state index in [2.05, 4.69) is 24.1 Å². The molecule has 0 bridgehead atoms. The second kappa shape index (κ2) is 5.81. The van der Waals surface area contributed by atoms with Crippen LogP contribution in [0.25, 0.3) is 0 Å². The molecule has 1 amide bonds. The lowest BCUT2D eigenvalue weighted by Gasteiger charge is -2.34. The zero-order chi connectivity index (χ0) is 12.1. The van der Waals surface area contributed by atoms with Crippen LogP contribution in [0.3, 0.4) is 0 Å². The lowest BCUT2D eigenvalue weighted by atomic mass is 10.2. The molecule has 0 radical (unpaired) electrons. The van der Waals surface area contributed by atoms with Crippen LogP contribution in [0.15, 0.2) is 0 Å². The number of carbonyl (C=O) groups is 2. The maximum absolute atomic E-state index is 11.5. The minimum absolute atomic E-state index is 0.354. The van der Waals surface area contributed by atoms with Crippen molar-refractivity contribution in [3.8, 4) is 0 Å². The van der Waals surface area contributed by atoms with Gasteiger partial charge < -0.3 is 15.2 Å². The van der Waals surface area contributed by atoms with Crippen LogP contribution in [0, 0.1) is 0 Å². The van der Waals surface area contributed by atoms with E-state index in [1.165, 1.54) is 0 Å². The van der Waals surface area contributed by atoms with Crippen molar-refractivity contribution in [1.29, 1.82) is 0 Å². The number of carbonyl (C=O) groups excluding carboxylic acids is 1. The molecule has 1 saturated heterocycles. The van der Waals surface area contributed by atoms with E-state index < -0.39 is 12.1 Å². The summed E-state index contributed by atoms with van der Waals surface area (Å²) in [7, 11) is 0.